The molecule has 0 aliphatic rings. The average molecular weight is 372 g/mol. The normalized spacial score (nSPS) is 10.8. The standard InChI is InChI=1S/C24H20O4/c1-16-21-14-20(27-15-17-8-10-19(26-2)11-9-17)12-13-22(21)28-24(25)23(16)18-6-4-3-5-7-18/h3-14H,15H2,1-2H3. The van der Waals surface area contributed by atoms with Gasteiger partial charge >= 0.3 is 5.63 Å². The van der Waals surface area contributed by atoms with Crippen LogP contribution < -0.4 is 15.1 Å². The SMILES string of the molecule is COc1ccc(COc2ccc3oc(=O)c(-c4ccccc4)c(C)c3c2)cc1. The lowest BCUT2D eigenvalue weighted by atomic mass is 9.99. The summed E-state index contributed by atoms with van der Waals surface area (Å²) in [4.78, 5) is 12.5. The zero-order valence-electron chi connectivity index (χ0n) is 15.8. The molecule has 0 saturated carbocycles. The first-order chi connectivity index (χ1) is 13.7. The zero-order chi connectivity index (χ0) is 19.5. The van der Waals surface area contributed by atoms with Crippen LogP contribution in [0.2, 0.25) is 0 Å². The maximum atomic E-state index is 12.5. The van der Waals surface area contributed by atoms with Gasteiger partial charge in [0.05, 0.1) is 12.7 Å². The molecule has 4 heteroatoms. The maximum Gasteiger partial charge on any atom is 0.344 e. The number of hydrogen-bond donors (Lipinski definition) is 0. The van der Waals surface area contributed by atoms with Crippen LogP contribution in [0.3, 0.4) is 0 Å². The molecule has 0 spiro atoms. The lowest BCUT2D eigenvalue weighted by Crippen LogP contribution is -2.06. The molecule has 1 aromatic heterocycles. The molecule has 4 rings (SSSR count). The first-order valence-electron chi connectivity index (χ1n) is 9.04. The Morgan fingerprint density at radius 3 is 2.32 bits per heavy atom. The fraction of sp³-hybridized carbons (Fsp3) is 0.125. The fourth-order valence-electron chi connectivity index (χ4n) is 3.25. The monoisotopic (exact) mass is 372 g/mol. The summed E-state index contributed by atoms with van der Waals surface area (Å²) in [5.74, 6) is 1.54. The molecule has 0 saturated heterocycles. The maximum absolute atomic E-state index is 12.5. The molecule has 0 aliphatic carbocycles. The first-order valence-corrected chi connectivity index (χ1v) is 9.04. The summed E-state index contributed by atoms with van der Waals surface area (Å²) in [6.07, 6.45) is 0. The fourth-order valence-corrected chi connectivity index (χ4v) is 3.25. The van der Waals surface area contributed by atoms with Gasteiger partial charge in [-0.3, -0.25) is 0 Å². The van der Waals surface area contributed by atoms with E-state index >= 15 is 0 Å². The van der Waals surface area contributed by atoms with E-state index in [1.165, 1.54) is 0 Å². The molecular formula is C24H20O4. The summed E-state index contributed by atoms with van der Waals surface area (Å²) in [6, 6.07) is 22.8. The van der Waals surface area contributed by atoms with E-state index in [1.54, 1.807) is 13.2 Å². The summed E-state index contributed by atoms with van der Waals surface area (Å²) in [5, 5.41) is 0.866. The number of methoxy groups -OCH3 is 1. The molecular weight excluding hydrogens is 352 g/mol. The van der Waals surface area contributed by atoms with Crippen molar-refractivity contribution in [2.45, 2.75) is 13.5 Å². The van der Waals surface area contributed by atoms with E-state index < -0.39 is 0 Å². The molecule has 0 amide bonds. The van der Waals surface area contributed by atoms with Crippen LogP contribution in [0, 0.1) is 6.92 Å². The number of rotatable bonds is 5. The number of aryl methyl sites for hydroxylation is 1. The van der Waals surface area contributed by atoms with Crippen molar-refractivity contribution in [3.05, 3.63) is 94.3 Å². The van der Waals surface area contributed by atoms with Gasteiger partial charge in [-0.05, 0) is 53.9 Å². The van der Waals surface area contributed by atoms with E-state index in [2.05, 4.69) is 0 Å². The number of hydrogen-bond acceptors (Lipinski definition) is 4. The first kappa shape index (κ1) is 17.9. The zero-order valence-corrected chi connectivity index (χ0v) is 15.8. The quantitative estimate of drug-likeness (QED) is 0.443. The van der Waals surface area contributed by atoms with Crippen LogP contribution >= 0.6 is 0 Å². The number of benzene rings is 3. The van der Waals surface area contributed by atoms with E-state index in [-0.39, 0.29) is 5.63 Å². The van der Waals surface area contributed by atoms with Gasteiger partial charge < -0.3 is 13.9 Å². The molecule has 28 heavy (non-hydrogen) atoms. The van der Waals surface area contributed by atoms with Crippen molar-refractivity contribution in [2.24, 2.45) is 0 Å². The van der Waals surface area contributed by atoms with Gasteiger partial charge in [-0.25, -0.2) is 4.79 Å². The topological polar surface area (TPSA) is 48.7 Å². The summed E-state index contributed by atoms with van der Waals surface area (Å²) >= 11 is 0. The van der Waals surface area contributed by atoms with E-state index in [0.29, 0.717) is 17.8 Å². The van der Waals surface area contributed by atoms with Crippen molar-refractivity contribution in [1.82, 2.24) is 0 Å². The van der Waals surface area contributed by atoms with E-state index in [9.17, 15) is 4.79 Å². The highest BCUT2D eigenvalue weighted by Gasteiger charge is 2.13. The Kier molecular flexibility index (Phi) is 4.85. The molecule has 0 aliphatic heterocycles. The Balaban J connectivity index is 1.66. The highest BCUT2D eigenvalue weighted by Crippen LogP contribution is 2.29. The van der Waals surface area contributed by atoms with Gasteiger partial charge in [0.25, 0.3) is 0 Å². The van der Waals surface area contributed by atoms with Gasteiger partial charge in [0.1, 0.15) is 23.7 Å². The van der Waals surface area contributed by atoms with Crippen molar-refractivity contribution < 1.29 is 13.9 Å². The molecule has 0 unspecified atom stereocenters. The second-order valence-corrected chi connectivity index (χ2v) is 6.55. The van der Waals surface area contributed by atoms with Crippen LogP contribution in [0.25, 0.3) is 22.1 Å². The van der Waals surface area contributed by atoms with Crippen LogP contribution in [0.1, 0.15) is 11.1 Å². The van der Waals surface area contributed by atoms with Crippen LogP contribution in [-0.2, 0) is 6.61 Å². The lowest BCUT2D eigenvalue weighted by Gasteiger charge is -2.11. The molecule has 0 N–H and O–H groups in total. The Labute approximate surface area is 163 Å². The minimum atomic E-state index is -0.330. The lowest BCUT2D eigenvalue weighted by molar-refractivity contribution is 0.306. The van der Waals surface area contributed by atoms with E-state index in [1.807, 2.05) is 73.7 Å². The van der Waals surface area contributed by atoms with Gasteiger partial charge in [-0.15, -0.1) is 0 Å². The summed E-state index contributed by atoms with van der Waals surface area (Å²) in [7, 11) is 1.64. The van der Waals surface area contributed by atoms with Crippen LogP contribution in [-0.4, -0.2) is 7.11 Å². The minimum Gasteiger partial charge on any atom is -0.497 e. The molecule has 0 bridgehead atoms. The third-order valence-corrected chi connectivity index (χ3v) is 4.76. The molecule has 0 atom stereocenters. The third-order valence-electron chi connectivity index (χ3n) is 4.76. The minimum absolute atomic E-state index is 0.330. The van der Waals surface area contributed by atoms with Gasteiger partial charge in [0.15, 0.2) is 0 Å². The second kappa shape index (κ2) is 7.61. The summed E-state index contributed by atoms with van der Waals surface area (Å²) in [5.41, 5.74) is 3.58. The number of fused-ring (bicyclic) bond motifs is 1. The molecule has 4 aromatic rings. The summed E-state index contributed by atoms with van der Waals surface area (Å²) < 4.78 is 16.7. The van der Waals surface area contributed by atoms with Crippen molar-refractivity contribution in [1.29, 1.82) is 0 Å². The third kappa shape index (κ3) is 3.49. The highest BCUT2D eigenvalue weighted by atomic mass is 16.5. The predicted octanol–water partition coefficient (Wildman–Crippen LogP) is 5.36. The Morgan fingerprint density at radius 1 is 0.893 bits per heavy atom. The van der Waals surface area contributed by atoms with Crippen molar-refractivity contribution >= 4 is 11.0 Å². The molecule has 0 fully saturated rings. The van der Waals surface area contributed by atoms with Crippen LogP contribution in [0.15, 0.2) is 82.0 Å². The largest absolute Gasteiger partial charge is 0.497 e. The number of ether oxygens (including phenoxy) is 2. The van der Waals surface area contributed by atoms with Crippen molar-refractivity contribution in [3.8, 4) is 22.6 Å². The second-order valence-electron chi connectivity index (χ2n) is 6.55. The van der Waals surface area contributed by atoms with Gasteiger partial charge in [-0.2, -0.15) is 0 Å². The predicted molar refractivity (Wildman–Crippen MR) is 110 cm³/mol. The Morgan fingerprint density at radius 2 is 1.61 bits per heavy atom. The summed E-state index contributed by atoms with van der Waals surface area (Å²) in [6.45, 7) is 2.38. The van der Waals surface area contributed by atoms with Gasteiger partial charge in [-0.1, -0.05) is 42.5 Å². The molecule has 4 nitrogen and oxygen atoms in total. The average Bonchev–Trinajstić information content (AvgIpc) is 2.73. The van der Waals surface area contributed by atoms with Crippen molar-refractivity contribution in [2.75, 3.05) is 7.11 Å². The molecule has 3 aromatic carbocycles. The van der Waals surface area contributed by atoms with Gasteiger partial charge in [0, 0.05) is 5.39 Å². The molecule has 1 heterocycles. The highest BCUT2D eigenvalue weighted by molar-refractivity contribution is 5.87. The Bertz CT molecular complexity index is 1160. The molecule has 0 radical (unpaired) electrons. The molecule has 140 valence electrons. The van der Waals surface area contributed by atoms with Crippen LogP contribution in [0.5, 0.6) is 11.5 Å². The van der Waals surface area contributed by atoms with Crippen molar-refractivity contribution in [3.63, 3.8) is 0 Å². The van der Waals surface area contributed by atoms with Gasteiger partial charge in [0.2, 0.25) is 0 Å². The van der Waals surface area contributed by atoms with E-state index in [4.69, 9.17) is 13.9 Å². The smallest absolute Gasteiger partial charge is 0.344 e. The van der Waals surface area contributed by atoms with Crippen LogP contribution in [0.4, 0.5) is 0 Å². The van der Waals surface area contributed by atoms with E-state index in [0.717, 1.165) is 33.6 Å². The Hall–Kier alpha value is -3.53.